The predicted octanol–water partition coefficient (Wildman–Crippen LogP) is 3.61. The molecule has 2 aromatic rings. The van der Waals surface area contributed by atoms with E-state index in [0.29, 0.717) is 0 Å². The van der Waals surface area contributed by atoms with Crippen molar-refractivity contribution in [3.63, 3.8) is 0 Å². The van der Waals surface area contributed by atoms with Crippen LogP contribution in [-0.2, 0) is 13.0 Å². The summed E-state index contributed by atoms with van der Waals surface area (Å²) >= 11 is 0. The Morgan fingerprint density at radius 1 is 1.25 bits per heavy atom. The first-order valence-corrected chi connectivity index (χ1v) is 7.14. The number of fused-ring (bicyclic) bond motifs is 1. The molecule has 3 rings (SSSR count). The molecule has 0 aliphatic carbocycles. The van der Waals surface area contributed by atoms with Crippen LogP contribution in [-0.4, -0.2) is 10.5 Å². The lowest BCUT2D eigenvalue weighted by Crippen LogP contribution is -2.14. The van der Waals surface area contributed by atoms with Crippen LogP contribution in [0.2, 0.25) is 0 Å². The molecule has 3 nitrogen and oxygen atoms in total. The molecule has 3 heteroatoms. The maximum absolute atomic E-state index is 12.5. The summed E-state index contributed by atoms with van der Waals surface area (Å²) in [5, 5.41) is 3.04. The predicted molar refractivity (Wildman–Crippen MR) is 81.4 cm³/mol. The van der Waals surface area contributed by atoms with Gasteiger partial charge < -0.3 is 9.88 Å². The van der Waals surface area contributed by atoms with E-state index in [1.807, 2.05) is 32.0 Å². The Morgan fingerprint density at radius 3 is 2.80 bits per heavy atom. The second-order valence-corrected chi connectivity index (χ2v) is 5.59. The van der Waals surface area contributed by atoms with E-state index in [1.165, 1.54) is 17.7 Å². The molecular formula is C17H20N2O. The van der Waals surface area contributed by atoms with Gasteiger partial charge in [0, 0.05) is 23.6 Å². The number of rotatable bonds is 2. The van der Waals surface area contributed by atoms with Crippen molar-refractivity contribution >= 4 is 11.6 Å². The molecule has 0 bridgehead atoms. The van der Waals surface area contributed by atoms with E-state index in [0.717, 1.165) is 35.5 Å². The van der Waals surface area contributed by atoms with Gasteiger partial charge in [-0.2, -0.15) is 0 Å². The monoisotopic (exact) mass is 268 g/mol. The van der Waals surface area contributed by atoms with Crippen molar-refractivity contribution in [2.24, 2.45) is 0 Å². The van der Waals surface area contributed by atoms with Crippen LogP contribution >= 0.6 is 0 Å². The molecule has 1 amide bonds. The highest BCUT2D eigenvalue weighted by atomic mass is 16.1. The maximum atomic E-state index is 12.5. The summed E-state index contributed by atoms with van der Waals surface area (Å²) in [5.41, 5.74) is 6.40. The topological polar surface area (TPSA) is 34.0 Å². The first kappa shape index (κ1) is 13.0. The molecule has 0 fully saturated rings. The lowest BCUT2D eigenvalue weighted by Gasteiger charge is -2.10. The number of nitrogens with zero attached hydrogens (tertiary/aromatic N) is 1. The molecule has 1 aromatic heterocycles. The summed E-state index contributed by atoms with van der Waals surface area (Å²) in [5.74, 6) is -0.00176. The van der Waals surface area contributed by atoms with Gasteiger partial charge in [0.25, 0.3) is 5.91 Å². The summed E-state index contributed by atoms with van der Waals surface area (Å²) in [6.07, 6.45) is 2.27. The fourth-order valence-corrected chi connectivity index (χ4v) is 2.95. The van der Waals surface area contributed by atoms with Crippen molar-refractivity contribution in [2.45, 2.75) is 40.2 Å². The smallest absolute Gasteiger partial charge is 0.257 e. The van der Waals surface area contributed by atoms with E-state index in [2.05, 4.69) is 22.9 Å². The van der Waals surface area contributed by atoms with Crippen LogP contribution in [0.25, 0.3) is 0 Å². The maximum Gasteiger partial charge on any atom is 0.257 e. The number of carbonyl (C=O) groups is 1. The average molecular weight is 268 g/mol. The van der Waals surface area contributed by atoms with Gasteiger partial charge in [-0.25, -0.2) is 0 Å². The van der Waals surface area contributed by atoms with Gasteiger partial charge in [-0.3, -0.25) is 4.79 Å². The highest BCUT2D eigenvalue weighted by Crippen LogP contribution is 2.25. The number of carbonyl (C=O) groups excluding carboxylic acids is 1. The van der Waals surface area contributed by atoms with E-state index in [-0.39, 0.29) is 5.91 Å². The number of hydrogen-bond acceptors (Lipinski definition) is 1. The Balaban J connectivity index is 1.89. The van der Waals surface area contributed by atoms with Crippen molar-refractivity contribution in [1.82, 2.24) is 4.57 Å². The number of benzene rings is 1. The molecule has 2 heterocycles. The van der Waals surface area contributed by atoms with Crippen LogP contribution < -0.4 is 5.32 Å². The van der Waals surface area contributed by atoms with Crippen molar-refractivity contribution in [3.8, 4) is 0 Å². The fourth-order valence-electron chi connectivity index (χ4n) is 2.95. The van der Waals surface area contributed by atoms with Gasteiger partial charge in [-0.05, 0) is 56.9 Å². The summed E-state index contributed by atoms with van der Waals surface area (Å²) in [6.45, 7) is 7.17. The van der Waals surface area contributed by atoms with Crippen LogP contribution in [0, 0.1) is 20.8 Å². The van der Waals surface area contributed by atoms with Gasteiger partial charge in [0.05, 0.1) is 5.56 Å². The summed E-state index contributed by atoms with van der Waals surface area (Å²) in [6, 6.07) is 8.04. The van der Waals surface area contributed by atoms with Crippen LogP contribution in [0.3, 0.4) is 0 Å². The zero-order valence-electron chi connectivity index (χ0n) is 12.3. The largest absolute Gasteiger partial charge is 0.348 e. The quantitative estimate of drug-likeness (QED) is 0.887. The lowest BCUT2D eigenvalue weighted by atomic mass is 10.1. The first-order chi connectivity index (χ1) is 9.58. The third-order valence-electron chi connectivity index (χ3n) is 4.36. The Labute approximate surface area is 119 Å². The molecule has 0 radical (unpaired) electrons. The molecule has 1 aromatic carbocycles. The second kappa shape index (κ2) is 4.82. The van der Waals surface area contributed by atoms with Crippen LogP contribution in [0.1, 0.15) is 39.3 Å². The zero-order valence-corrected chi connectivity index (χ0v) is 12.3. The molecule has 0 saturated heterocycles. The molecule has 0 spiro atoms. The van der Waals surface area contributed by atoms with Crippen molar-refractivity contribution < 1.29 is 4.79 Å². The molecule has 1 N–H and O–H groups in total. The fraction of sp³-hybridized carbons (Fsp3) is 0.353. The van der Waals surface area contributed by atoms with Gasteiger partial charge in [0.2, 0.25) is 0 Å². The van der Waals surface area contributed by atoms with E-state index < -0.39 is 0 Å². The lowest BCUT2D eigenvalue weighted by molar-refractivity contribution is 0.102. The summed E-state index contributed by atoms with van der Waals surface area (Å²) < 4.78 is 2.26. The highest BCUT2D eigenvalue weighted by Gasteiger charge is 2.20. The van der Waals surface area contributed by atoms with Crippen LogP contribution in [0.15, 0.2) is 24.3 Å². The summed E-state index contributed by atoms with van der Waals surface area (Å²) in [7, 11) is 0. The molecule has 20 heavy (non-hydrogen) atoms. The number of aryl methyl sites for hydroxylation is 2. The molecular weight excluding hydrogens is 248 g/mol. The van der Waals surface area contributed by atoms with Gasteiger partial charge in [-0.1, -0.05) is 12.1 Å². The standard InChI is InChI=1S/C17H20N2O/c1-11-6-4-8-16(12(11)2)18-17(20)15-10-14-7-5-9-19(14)13(15)3/h4,6,8,10H,5,7,9H2,1-3H3,(H,18,20). The summed E-state index contributed by atoms with van der Waals surface area (Å²) in [4.78, 5) is 12.5. The normalized spacial score (nSPS) is 13.3. The van der Waals surface area contributed by atoms with Gasteiger partial charge in [-0.15, -0.1) is 0 Å². The minimum atomic E-state index is -0.00176. The third-order valence-corrected chi connectivity index (χ3v) is 4.36. The van der Waals surface area contributed by atoms with Gasteiger partial charge >= 0.3 is 0 Å². The van der Waals surface area contributed by atoms with E-state index in [9.17, 15) is 4.79 Å². The second-order valence-electron chi connectivity index (χ2n) is 5.59. The molecule has 0 unspecified atom stereocenters. The van der Waals surface area contributed by atoms with Crippen molar-refractivity contribution in [2.75, 3.05) is 5.32 Å². The van der Waals surface area contributed by atoms with E-state index >= 15 is 0 Å². The Hall–Kier alpha value is -2.03. The first-order valence-electron chi connectivity index (χ1n) is 7.14. The number of aromatic nitrogens is 1. The molecule has 104 valence electrons. The van der Waals surface area contributed by atoms with E-state index in [1.54, 1.807) is 0 Å². The SMILES string of the molecule is Cc1cccc(NC(=O)c2cc3n(c2C)CCC3)c1C. The third kappa shape index (κ3) is 2.03. The minimum absolute atomic E-state index is 0.00176. The number of hydrogen-bond donors (Lipinski definition) is 1. The molecule has 0 atom stereocenters. The van der Waals surface area contributed by atoms with Crippen molar-refractivity contribution in [1.29, 1.82) is 0 Å². The zero-order chi connectivity index (χ0) is 14.3. The van der Waals surface area contributed by atoms with Crippen molar-refractivity contribution in [3.05, 3.63) is 52.3 Å². The highest BCUT2D eigenvalue weighted by molar-refractivity contribution is 6.05. The van der Waals surface area contributed by atoms with Crippen LogP contribution in [0.5, 0.6) is 0 Å². The Kier molecular flexibility index (Phi) is 3.13. The van der Waals surface area contributed by atoms with Gasteiger partial charge in [0.15, 0.2) is 0 Å². The number of amides is 1. The Bertz CT molecular complexity index is 683. The van der Waals surface area contributed by atoms with E-state index in [4.69, 9.17) is 0 Å². The van der Waals surface area contributed by atoms with Crippen LogP contribution in [0.4, 0.5) is 5.69 Å². The van der Waals surface area contributed by atoms with Gasteiger partial charge in [0.1, 0.15) is 0 Å². The Morgan fingerprint density at radius 2 is 2.05 bits per heavy atom. The molecule has 1 aliphatic rings. The molecule has 0 saturated carbocycles. The number of nitrogens with one attached hydrogen (secondary N) is 1. The average Bonchev–Trinajstić information content (AvgIpc) is 2.98. The minimum Gasteiger partial charge on any atom is -0.348 e. The molecule has 1 aliphatic heterocycles. The number of anilines is 1.